The maximum absolute atomic E-state index is 12.3. The second-order valence-corrected chi connectivity index (χ2v) is 4.71. The van der Waals surface area contributed by atoms with Crippen molar-refractivity contribution in [2.75, 3.05) is 25.9 Å². The van der Waals surface area contributed by atoms with Crippen LogP contribution in [0.15, 0.2) is 24.3 Å². The SMILES string of the molecule is CCOC(=O)CCN(C)C(=O)C(C)c1cccc(N)c1. The number of nitrogens with zero attached hydrogens (tertiary/aromatic N) is 1. The summed E-state index contributed by atoms with van der Waals surface area (Å²) < 4.78 is 4.84. The van der Waals surface area contributed by atoms with Gasteiger partial charge < -0.3 is 15.4 Å². The summed E-state index contributed by atoms with van der Waals surface area (Å²) >= 11 is 0. The first-order valence-corrected chi connectivity index (χ1v) is 6.71. The van der Waals surface area contributed by atoms with E-state index in [1.165, 1.54) is 0 Å². The largest absolute Gasteiger partial charge is 0.466 e. The molecule has 0 heterocycles. The number of amides is 1. The van der Waals surface area contributed by atoms with E-state index in [4.69, 9.17) is 10.5 Å². The quantitative estimate of drug-likeness (QED) is 0.636. The summed E-state index contributed by atoms with van der Waals surface area (Å²) in [5.41, 5.74) is 7.23. The van der Waals surface area contributed by atoms with Gasteiger partial charge in [-0.05, 0) is 31.5 Å². The molecule has 0 saturated heterocycles. The Labute approximate surface area is 119 Å². The average molecular weight is 278 g/mol. The minimum Gasteiger partial charge on any atom is -0.466 e. The van der Waals surface area contributed by atoms with E-state index in [-0.39, 0.29) is 24.2 Å². The number of rotatable bonds is 6. The number of likely N-dealkylation sites (N-methyl/N-ethyl adjacent to an activating group) is 1. The van der Waals surface area contributed by atoms with Crippen LogP contribution in [0.1, 0.15) is 31.7 Å². The zero-order valence-corrected chi connectivity index (χ0v) is 12.3. The fraction of sp³-hybridized carbons (Fsp3) is 0.467. The normalized spacial score (nSPS) is 11.8. The van der Waals surface area contributed by atoms with Gasteiger partial charge in [-0.3, -0.25) is 9.59 Å². The molecule has 2 N–H and O–H groups in total. The fourth-order valence-corrected chi connectivity index (χ4v) is 1.90. The number of carbonyl (C=O) groups excluding carboxylic acids is 2. The highest BCUT2D eigenvalue weighted by Crippen LogP contribution is 2.19. The number of nitrogens with two attached hydrogens (primary N) is 1. The van der Waals surface area contributed by atoms with Gasteiger partial charge >= 0.3 is 5.97 Å². The van der Waals surface area contributed by atoms with E-state index in [0.29, 0.717) is 18.8 Å². The van der Waals surface area contributed by atoms with Crippen molar-refractivity contribution in [2.24, 2.45) is 0 Å². The van der Waals surface area contributed by atoms with Gasteiger partial charge in [0.25, 0.3) is 0 Å². The molecule has 1 amide bonds. The van der Waals surface area contributed by atoms with Crippen molar-refractivity contribution in [2.45, 2.75) is 26.2 Å². The summed E-state index contributed by atoms with van der Waals surface area (Å²) in [5.74, 6) is -0.616. The first kappa shape index (κ1) is 16.0. The topological polar surface area (TPSA) is 72.6 Å². The Hall–Kier alpha value is -2.04. The summed E-state index contributed by atoms with van der Waals surface area (Å²) in [5, 5.41) is 0. The Morgan fingerprint density at radius 3 is 2.70 bits per heavy atom. The van der Waals surface area contributed by atoms with Crippen LogP contribution in [-0.4, -0.2) is 37.0 Å². The number of carbonyl (C=O) groups is 2. The summed E-state index contributed by atoms with van der Waals surface area (Å²) in [6, 6.07) is 7.28. The molecule has 1 aromatic rings. The van der Waals surface area contributed by atoms with Crippen LogP contribution in [0.4, 0.5) is 5.69 Å². The minimum absolute atomic E-state index is 0.0418. The average Bonchev–Trinajstić information content (AvgIpc) is 2.43. The number of esters is 1. The second-order valence-electron chi connectivity index (χ2n) is 4.71. The van der Waals surface area contributed by atoms with E-state index < -0.39 is 0 Å². The molecule has 1 atom stereocenters. The van der Waals surface area contributed by atoms with Crippen LogP contribution in [0, 0.1) is 0 Å². The smallest absolute Gasteiger partial charge is 0.307 e. The minimum atomic E-state index is -0.288. The molecule has 0 spiro atoms. The first-order valence-electron chi connectivity index (χ1n) is 6.71. The molecule has 1 aromatic carbocycles. The van der Waals surface area contributed by atoms with Gasteiger partial charge in [-0.2, -0.15) is 0 Å². The lowest BCUT2D eigenvalue weighted by Crippen LogP contribution is -2.32. The summed E-state index contributed by atoms with van der Waals surface area (Å²) in [7, 11) is 1.68. The molecule has 0 aliphatic carbocycles. The van der Waals surface area contributed by atoms with E-state index in [1.54, 1.807) is 31.0 Å². The van der Waals surface area contributed by atoms with Crippen LogP contribution in [0.25, 0.3) is 0 Å². The van der Waals surface area contributed by atoms with E-state index >= 15 is 0 Å². The third-order valence-electron chi connectivity index (χ3n) is 3.11. The van der Waals surface area contributed by atoms with E-state index in [0.717, 1.165) is 5.56 Å². The van der Waals surface area contributed by atoms with Crippen molar-refractivity contribution in [3.63, 3.8) is 0 Å². The van der Waals surface area contributed by atoms with Gasteiger partial charge in [-0.1, -0.05) is 12.1 Å². The molecular weight excluding hydrogens is 256 g/mol. The number of nitrogen functional groups attached to an aromatic ring is 1. The van der Waals surface area contributed by atoms with Crippen molar-refractivity contribution in [1.29, 1.82) is 0 Å². The highest BCUT2D eigenvalue weighted by Gasteiger charge is 2.20. The highest BCUT2D eigenvalue weighted by atomic mass is 16.5. The van der Waals surface area contributed by atoms with Crippen LogP contribution < -0.4 is 5.73 Å². The van der Waals surface area contributed by atoms with Gasteiger partial charge in [-0.25, -0.2) is 0 Å². The Morgan fingerprint density at radius 2 is 2.10 bits per heavy atom. The predicted octanol–water partition coefficient (Wildman–Crippen LogP) is 1.78. The summed E-state index contributed by atoms with van der Waals surface area (Å²) in [6.45, 7) is 4.30. The van der Waals surface area contributed by atoms with Gasteiger partial charge in [0.05, 0.1) is 18.9 Å². The van der Waals surface area contributed by atoms with Gasteiger partial charge in [-0.15, -0.1) is 0 Å². The van der Waals surface area contributed by atoms with Crippen LogP contribution in [0.3, 0.4) is 0 Å². The molecule has 0 aliphatic heterocycles. The molecule has 5 heteroatoms. The number of hydrogen-bond donors (Lipinski definition) is 1. The second kappa shape index (κ2) is 7.53. The third kappa shape index (κ3) is 4.57. The van der Waals surface area contributed by atoms with E-state index in [9.17, 15) is 9.59 Å². The maximum Gasteiger partial charge on any atom is 0.307 e. The van der Waals surface area contributed by atoms with Crippen LogP contribution in [-0.2, 0) is 14.3 Å². The summed E-state index contributed by atoms with van der Waals surface area (Å²) in [4.78, 5) is 25.1. The molecule has 20 heavy (non-hydrogen) atoms. The standard InChI is InChI=1S/C15H22N2O3/c1-4-20-14(18)8-9-17(3)15(19)11(2)12-6-5-7-13(16)10-12/h5-7,10-11H,4,8-9,16H2,1-3H3. The summed E-state index contributed by atoms with van der Waals surface area (Å²) in [6.07, 6.45) is 0.208. The molecule has 5 nitrogen and oxygen atoms in total. The van der Waals surface area contributed by atoms with E-state index in [2.05, 4.69) is 0 Å². The number of ether oxygens (including phenoxy) is 1. The van der Waals surface area contributed by atoms with Crippen molar-refractivity contribution >= 4 is 17.6 Å². The van der Waals surface area contributed by atoms with Gasteiger partial charge in [0.1, 0.15) is 0 Å². The number of anilines is 1. The van der Waals surface area contributed by atoms with Crippen molar-refractivity contribution in [3.8, 4) is 0 Å². The molecular formula is C15H22N2O3. The molecule has 1 unspecified atom stereocenters. The molecule has 0 aromatic heterocycles. The Morgan fingerprint density at radius 1 is 1.40 bits per heavy atom. The monoisotopic (exact) mass is 278 g/mol. The fourth-order valence-electron chi connectivity index (χ4n) is 1.90. The predicted molar refractivity (Wildman–Crippen MR) is 78.2 cm³/mol. The lowest BCUT2D eigenvalue weighted by molar-refractivity contribution is -0.144. The first-order chi connectivity index (χ1) is 9.45. The molecule has 0 bridgehead atoms. The van der Waals surface area contributed by atoms with Gasteiger partial charge in [0, 0.05) is 19.3 Å². The Kier molecular flexibility index (Phi) is 6.03. The zero-order chi connectivity index (χ0) is 15.1. The molecule has 0 fully saturated rings. The van der Waals surface area contributed by atoms with Crippen molar-refractivity contribution < 1.29 is 14.3 Å². The van der Waals surface area contributed by atoms with Crippen LogP contribution in [0.2, 0.25) is 0 Å². The van der Waals surface area contributed by atoms with Gasteiger partial charge in [0.2, 0.25) is 5.91 Å². The Bertz CT molecular complexity index is 474. The maximum atomic E-state index is 12.3. The molecule has 0 radical (unpaired) electrons. The third-order valence-corrected chi connectivity index (χ3v) is 3.11. The molecule has 1 rings (SSSR count). The van der Waals surface area contributed by atoms with E-state index in [1.807, 2.05) is 19.1 Å². The highest BCUT2D eigenvalue weighted by molar-refractivity contribution is 5.83. The van der Waals surface area contributed by atoms with Crippen molar-refractivity contribution in [1.82, 2.24) is 4.90 Å². The Balaban J connectivity index is 2.58. The zero-order valence-electron chi connectivity index (χ0n) is 12.3. The van der Waals surface area contributed by atoms with Gasteiger partial charge in [0.15, 0.2) is 0 Å². The lowest BCUT2D eigenvalue weighted by Gasteiger charge is -2.21. The molecule has 0 saturated carbocycles. The number of hydrogen-bond acceptors (Lipinski definition) is 4. The molecule has 0 aliphatic rings. The molecule has 110 valence electrons. The van der Waals surface area contributed by atoms with Crippen LogP contribution in [0.5, 0.6) is 0 Å². The lowest BCUT2D eigenvalue weighted by atomic mass is 9.99. The van der Waals surface area contributed by atoms with Crippen molar-refractivity contribution in [3.05, 3.63) is 29.8 Å². The number of benzene rings is 1. The van der Waals surface area contributed by atoms with Crippen LogP contribution >= 0.6 is 0 Å².